The fourth-order valence-electron chi connectivity index (χ4n) is 2.27. The van der Waals surface area contributed by atoms with Crippen LogP contribution in [0, 0.1) is 0 Å². The van der Waals surface area contributed by atoms with Gasteiger partial charge in [-0.25, -0.2) is 0 Å². The minimum Gasteiger partial charge on any atom is -0.0744 e. The predicted molar refractivity (Wildman–Crippen MR) is 64.5 cm³/mol. The number of rotatable bonds is 0. The quantitative estimate of drug-likeness (QED) is 0.463. The van der Waals surface area contributed by atoms with Gasteiger partial charge in [0.2, 0.25) is 0 Å². The van der Waals surface area contributed by atoms with E-state index in [0.717, 1.165) is 0 Å². The second-order valence-electron chi connectivity index (χ2n) is 4.89. The van der Waals surface area contributed by atoms with E-state index in [9.17, 15) is 0 Å². The third kappa shape index (κ3) is 4.83. The van der Waals surface area contributed by atoms with Gasteiger partial charge >= 0.3 is 0 Å². The fourth-order valence-corrected chi connectivity index (χ4v) is 2.27. The maximum absolute atomic E-state index is 2.33. The average Bonchev–Trinajstić information content (AvgIpc) is 2.18. The molecule has 0 N–H and O–H groups in total. The van der Waals surface area contributed by atoms with Gasteiger partial charge in [-0.2, -0.15) is 0 Å². The summed E-state index contributed by atoms with van der Waals surface area (Å²) in [5.41, 5.74) is 3.34. The summed E-state index contributed by atoms with van der Waals surface area (Å²) in [6, 6.07) is 0. The topological polar surface area (TPSA) is 0 Å². The largest absolute Gasteiger partial charge is 0.0744 e. The Balaban J connectivity index is 2.37. The minimum atomic E-state index is 1.35. The van der Waals surface area contributed by atoms with Crippen molar-refractivity contribution in [2.45, 2.75) is 78.1 Å². The molecule has 0 unspecified atom stereocenters. The maximum atomic E-state index is 2.33. The van der Waals surface area contributed by atoms with E-state index in [0.29, 0.717) is 0 Å². The predicted octanol–water partition coefficient (Wildman–Crippen LogP) is 5.24. The molecule has 0 atom stereocenters. The monoisotopic (exact) mass is 194 g/mol. The van der Waals surface area contributed by atoms with Crippen molar-refractivity contribution in [2.24, 2.45) is 0 Å². The second kappa shape index (κ2) is 7.09. The van der Waals surface area contributed by atoms with E-state index in [1.54, 1.807) is 11.1 Å². The summed E-state index contributed by atoms with van der Waals surface area (Å²) in [7, 11) is 0. The first-order chi connectivity index (χ1) is 6.80. The van der Waals surface area contributed by atoms with Gasteiger partial charge in [0.1, 0.15) is 0 Å². The molecule has 0 radical (unpaired) electrons. The molecule has 1 aliphatic carbocycles. The molecule has 0 bridgehead atoms. The van der Waals surface area contributed by atoms with Gasteiger partial charge in [0.15, 0.2) is 0 Å². The third-order valence-corrected chi connectivity index (χ3v) is 3.58. The van der Waals surface area contributed by atoms with E-state index in [2.05, 4.69) is 13.8 Å². The molecule has 0 saturated carbocycles. The van der Waals surface area contributed by atoms with Gasteiger partial charge in [-0.3, -0.25) is 0 Å². The Morgan fingerprint density at radius 1 is 0.500 bits per heavy atom. The zero-order chi connectivity index (χ0) is 10.2. The summed E-state index contributed by atoms with van der Waals surface area (Å²) >= 11 is 0. The molecule has 0 aromatic carbocycles. The summed E-state index contributed by atoms with van der Waals surface area (Å²) in [4.78, 5) is 0. The fraction of sp³-hybridized carbons (Fsp3) is 0.857. The van der Waals surface area contributed by atoms with Crippen LogP contribution in [0.3, 0.4) is 0 Å². The van der Waals surface area contributed by atoms with Crippen LogP contribution < -0.4 is 0 Å². The number of allylic oxidation sites excluding steroid dienone is 2. The van der Waals surface area contributed by atoms with Gasteiger partial charge in [-0.15, -0.1) is 0 Å². The van der Waals surface area contributed by atoms with E-state index in [4.69, 9.17) is 0 Å². The molecule has 0 fully saturated rings. The molecule has 14 heavy (non-hydrogen) atoms. The Labute approximate surface area is 89.8 Å². The van der Waals surface area contributed by atoms with Crippen molar-refractivity contribution in [3.63, 3.8) is 0 Å². The Hall–Kier alpha value is -0.260. The van der Waals surface area contributed by atoms with Gasteiger partial charge in [-0.1, -0.05) is 49.7 Å². The zero-order valence-corrected chi connectivity index (χ0v) is 10.1. The highest BCUT2D eigenvalue weighted by Gasteiger charge is 2.00. The van der Waals surface area contributed by atoms with Gasteiger partial charge in [0.05, 0.1) is 0 Å². The lowest BCUT2D eigenvalue weighted by Gasteiger charge is -2.10. The van der Waals surface area contributed by atoms with E-state index < -0.39 is 0 Å². The van der Waals surface area contributed by atoms with Crippen molar-refractivity contribution in [1.82, 2.24) is 0 Å². The molecule has 0 amide bonds. The first kappa shape index (κ1) is 11.8. The molecule has 0 saturated heterocycles. The van der Waals surface area contributed by atoms with Crippen molar-refractivity contribution in [1.29, 1.82) is 0 Å². The molecule has 0 nitrogen and oxygen atoms in total. The van der Waals surface area contributed by atoms with E-state index in [1.807, 2.05) is 0 Å². The summed E-state index contributed by atoms with van der Waals surface area (Å²) in [5, 5.41) is 0. The minimum absolute atomic E-state index is 1.35. The molecule has 0 spiro atoms. The van der Waals surface area contributed by atoms with Gasteiger partial charge in [0, 0.05) is 0 Å². The SMILES string of the molecule is CC1=C(C)CCCCCCCCCC1. The van der Waals surface area contributed by atoms with Gasteiger partial charge in [-0.05, 0) is 39.5 Å². The molecule has 82 valence electrons. The standard InChI is InChI=1S/C14H26/c1-13-11-9-7-5-3-4-6-8-10-12-14(13)2/h3-12H2,1-2H3. The highest BCUT2D eigenvalue weighted by molar-refractivity contribution is 5.09. The van der Waals surface area contributed by atoms with Crippen LogP contribution in [0.5, 0.6) is 0 Å². The van der Waals surface area contributed by atoms with Crippen LogP contribution in [0.4, 0.5) is 0 Å². The van der Waals surface area contributed by atoms with Crippen molar-refractivity contribution < 1.29 is 0 Å². The zero-order valence-electron chi connectivity index (χ0n) is 10.1. The normalized spacial score (nSPS) is 22.7. The van der Waals surface area contributed by atoms with Crippen LogP contribution in [0.1, 0.15) is 78.1 Å². The van der Waals surface area contributed by atoms with Crippen LogP contribution in [0.15, 0.2) is 11.1 Å². The van der Waals surface area contributed by atoms with Gasteiger partial charge in [0.25, 0.3) is 0 Å². The Morgan fingerprint density at radius 2 is 0.786 bits per heavy atom. The van der Waals surface area contributed by atoms with Crippen molar-refractivity contribution >= 4 is 0 Å². The Kier molecular flexibility index (Phi) is 5.98. The summed E-state index contributed by atoms with van der Waals surface area (Å²) in [6.07, 6.45) is 14.3. The van der Waals surface area contributed by atoms with Gasteiger partial charge < -0.3 is 0 Å². The molecule has 0 heteroatoms. The molecule has 1 aliphatic rings. The Morgan fingerprint density at radius 3 is 1.14 bits per heavy atom. The lowest BCUT2D eigenvalue weighted by Crippen LogP contribution is -1.90. The molecular weight excluding hydrogens is 168 g/mol. The smallest absolute Gasteiger partial charge is 0.0320 e. The lowest BCUT2D eigenvalue weighted by atomic mass is 9.97. The third-order valence-electron chi connectivity index (χ3n) is 3.58. The van der Waals surface area contributed by atoms with Crippen molar-refractivity contribution in [2.75, 3.05) is 0 Å². The summed E-state index contributed by atoms with van der Waals surface area (Å²) in [6.45, 7) is 4.67. The summed E-state index contributed by atoms with van der Waals surface area (Å²) in [5.74, 6) is 0. The van der Waals surface area contributed by atoms with E-state index in [-0.39, 0.29) is 0 Å². The average molecular weight is 194 g/mol. The van der Waals surface area contributed by atoms with E-state index in [1.165, 1.54) is 64.2 Å². The first-order valence-corrected chi connectivity index (χ1v) is 6.46. The lowest BCUT2D eigenvalue weighted by molar-refractivity contribution is 0.558. The first-order valence-electron chi connectivity index (χ1n) is 6.46. The second-order valence-corrected chi connectivity index (χ2v) is 4.89. The molecule has 0 aromatic rings. The highest BCUT2D eigenvalue weighted by Crippen LogP contribution is 2.20. The molecule has 0 aromatic heterocycles. The number of hydrogen-bond acceptors (Lipinski definition) is 0. The van der Waals surface area contributed by atoms with Crippen molar-refractivity contribution in [3.05, 3.63) is 11.1 Å². The van der Waals surface area contributed by atoms with E-state index >= 15 is 0 Å². The van der Waals surface area contributed by atoms with Crippen LogP contribution in [0.2, 0.25) is 0 Å². The van der Waals surface area contributed by atoms with Crippen molar-refractivity contribution in [3.8, 4) is 0 Å². The molecular formula is C14H26. The Bertz CT molecular complexity index is 156. The molecule has 0 aliphatic heterocycles. The van der Waals surface area contributed by atoms with Crippen LogP contribution in [-0.2, 0) is 0 Å². The maximum Gasteiger partial charge on any atom is -0.0320 e. The highest BCUT2D eigenvalue weighted by atomic mass is 14.1. The van der Waals surface area contributed by atoms with Crippen LogP contribution >= 0.6 is 0 Å². The summed E-state index contributed by atoms with van der Waals surface area (Å²) < 4.78 is 0. The molecule has 1 rings (SSSR count). The molecule has 0 heterocycles. The van der Waals surface area contributed by atoms with Crippen LogP contribution in [0.25, 0.3) is 0 Å². The number of hydrogen-bond donors (Lipinski definition) is 0. The van der Waals surface area contributed by atoms with Crippen LogP contribution in [-0.4, -0.2) is 0 Å².